The predicted octanol–water partition coefficient (Wildman–Crippen LogP) is 1.98. The van der Waals surface area contributed by atoms with Gasteiger partial charge >= 0.3 is 0 Å². The van der Waals surface area contributed by atoms with Gasteiger partial charge in [-0.05, 0) is 23.8 Å². The first-order chi connectivity index (χ1) is 12.0. The molecule has 0 radical (unpaired) electrons. The van der Waals surface area contributed by atoms with Crippen LogP contribution in [0.5, 0.6) is 11.5 Å². The summed E-state index contributed by atoms with van der Waals surface area (Å²) in [6, 6.07) is 6.74. The van der Waals surface area contributed by atoms with Gasteiger partial charge in [0.25, 0.3) is 5.91 Å². The molecule has 0 fully saturated rings. The minimum absolute atomic E-state index is 0.158. The molecule has 0 aliphatic rings. The van der Waals surface area contributed by atoms with Crippen molar-refractivity contribution in [3.8, 4) is 11.5 Å². The molecule has 0 unspecified atom stereocenters. The Morgan fingerprint density at radius 2 is 1.96 bits per heavy atom. The van der Waals surface area contributed by atoms with Crippen molar-refractivity contribution in [2.45, 2.75) is 6.42 Å². The van der Waals surface area contributed by atoms with Crippen molar-refractivity contribution in [2.24, 2.45) is 0 Å². The second-order valence-electron chi connectivity index (χ2n) is 5.55. The van der Waals surface area contributed by atoms with Crippen LogP contribution in [0, 0.1) is 0 Å². The Hall–Kier alpha value is -3.09. The number of aromatic nitrogens is 1. The highest BCUT2D eigenvalue weighted by molar-refractivity contribution is 5.99. The number of hydrogen-bond donors (Lipinski definition) is 1. The first-order valence-electron chi connectivity index (χ1n) is 7.62. The van der Waals surface area contributed by atoms with Gasteiger partial charge in [-0.2, -0.15) is 0 Å². The molecule has 25 heavy (non-hydrogen) atoms. The van der Waals surface area contributed by atoms with E-state index in [9.17, 15) is 9.59 Å². The van der Waals surface area contributed by atoms with E-state index in [-0.39, 0.29) is 18.2 Å². The number of amides is 2. The number of ether oxygens (including phenoxy) is 2. The SMILES string of the molecule is COc1cc(C(=O)N(C)C)cc(NC(=O)Cc2cccnc2)c1OC. The largest absolute Gasteiger partial charge is 0.493 e. The molecule has 1 N–H and O–H groups in total. The molecule has 1 aromatic carbocycles. The minimum atomic E-state index is -0.247. The number of benzene rings is 1. The van der Waals surface area contributed by atoms with Crippen LogP contribution in [0.4, 0.5) is 5.69 Å². The smallest absolute Gasteiger partial charge is 0.253 e. The van der Waals surface area contributed by atoms with Gasteiger partial charge in [-0.1, -0.05) is 6.07 Å². The van der Waals surface area contributed by atoms with Crippen LogP contribution in [-0.4, -0.2) is 50.0 Å². The van der Waals surface area contributed by atoms with Crippen LogP contribution in [0.15, 0.2) is 36.7 Å². The Kier molecular flexibility index (Phi) is 5.94. The van der Waals surface area contributed by atoms with Gasteiger partial charge in [0.2, 0.25) is 5.91 Å². The Morgan fingerprint density at radius 1 is 1.20 bits per heavy atom. The molecular formula is C18H21N3O4. The Labute approximate surface area is 146 Å². The average molecular weight is 343 g/mol. The van der Waals surface area contributed by atoms with Crippen molar-refractivity contribution in [1.29, 1.82) is 0 Å². The van der Waals surface area contributed by atoms with Crippen molar-refractivity contribution < 1.29 is 19.1 Å². The van der Waals surface area contributed by atoms with Gasteiger partial charge in [0.15, 0.2) is 11.5 Å². The van der Waals surface area contributed by atoms with Crippen LogP contribution in [0.1, 0.15) is 15.9 Å². The fourth-order valence-corrected chi connectivity index (χ4v) is 2.32. The van der Waals surface area contributed by atoms with Crippen LogP contribution in [0.3, 0.4) is 0 Å². The van der Waals surface area contributed by atoms with E-state index < -0.39 is 0 Å². The maximum atomic E-state index is 12.3. The number of nitrogens with one attached hydrogen (secondary N) is 1. The number of pyridine rings is 1. The van der Waals surface area contributed by atoms with E-state index in [4.69, 9.17) is 9.47 Å². The summed E-state index contributed by atoms with van der Waals surface area (Å²) >= 11 is 0. The molecule has 1 aromatic heterocycles. The molecule has 132 valence electrons. The summed E-state index contributed by atoms with van der Waals surface area (Å²) in [4.78, 5) is 30.0. The molecule has 0 aliphatic heterocycles. The number of carbonyl (C=O) groups excluding carboxylic acids is 2. The molecule has 0 bridgehead atoms. The molecule has 7 nitrogen and oxygen atoms in total. The van der Waals surface area contributed by atoms with Crippen molar-refractivity contribution in [3.63, 3.8) is 0 Å². The first kappa shape index (κ1) is 18.3. The average Bonchev–Trinajstić information content (AvgIpc) is 2.60. The van der Waals surface area contributed by atoms with E-state index in [1.165, 1.54) is 19.1 Å². The number of rotatable bonds is 6. The molecule has 0 spiro atoms. The third-order valence-corrected chi connectivity index (χ3v) is 3.49. The summed E-state index contributed by atoms with van der Waals surface area (Å²) in [5, 5.41) is 2.78. The van der Waals surface area contributed by atoms with E-state index in [0.29, 0.717) is 22.7 Å². The van der Waals surface area contributed by atoms with Crippen LogP contribution < -0.4 is 14.8 Å². The summed E-state index contributed by atoms with van der Waals surface area (Å²) in [7, 11) is 6.25. The highest BCUT2D eigenvalue weighted by Crippen LogP contribution is 2.37. The lowest BCUT2D eigenvalue weighted by atomic mass is 10.1. The van der Waals surface area contributed by atoms with Crippen LogP contribution in [0.2, 0.25) is 0 Å². The normalized spacial score (nSPS) is 10.1. The zero-order chi connectivity index (χ0) is 18.4. The standard InChI is InChI=1S/C18H21N3O4/c1-21(2)18(23)13-9-14(17(25-4)15(10-13)24-3)20-16(22)8-12-6-5-7-19-11-12/h5-7,9-11H,8H2,1-4H3,(H,20,22). The van der Waals surface area contributed by atoms with Gasteiger partial charge in [0.05, 0.1) is 26.3 Å². The molecule has 2 rings (SSSR count). The third kappa shape index (κ3) is 4.47. The first-order valence-corrected chi connectivity index (χ1v) is 7.62. The fourth-order valence-electron chi connectivity index (χ4n) is 2.32. The van der Waals surface area contributed by atoms with Gasteiger partial charge in [0, 0.05) is 32.1 Å². The number of methoxy groups -OCH3 is 2. The number of nitrogens with zero attached hydrogens (tertiary/aromatic N) is 2. The van der Waals surface area contributed by atoms with Crippen LogP contribution >= 0.6 is 0 Å². The summed E-state index contributed by atoms with van der Waals surface area (Å²) < 4.78 is 10.6. The summed E-state index contributed by atoms with van der Waals surface area (Å²) in [6.45, 7) is 0. The van der Waals surface area contributed by atoms with E-state index in [0.717, 1.165) is 5.56 Å². The third-order valence-electron chi connectivity index (χ3n) is 3.49. The zero-order valence-corrected chi connectivity index (χ0v) is 14.7. The Balaban J connectivity index is 2.32. The number of carbonyl (C=O) groups is 2. The minimum Gasteiger partial charge on any atom is -0.493 e. The summed E-state index contributed by atoms with van der Waals surface area (Å²) in [5.74, 6) is 0.274. The molecule has 1 heterocycles. The predicted molar refractivity (Wildman–Crippen MR) is 94.1 cm³/mol. The molecule has 2 amide bonds. The van der Waals surface area contributed by atoms with Crippen molar-refractivity contribution in [1.82, 2.24) is 9.88 Å². The van der Waals surface area contributed by atoms with Crippen molar-refractivity contribution in [2.75, 3.05) is 33.6 Å². The van der Waals surface area contributed by atoms with E-state index in [2.05, 4.69) is 10.3 Å². The van der Waals surface area contributed by atoms with Gasteiger partial charge in [-0.25, -0.2) is 0 Å². The quantitative estimate of drug-likeness (QED) is 0.867. The second-order valence-corrected chi connectivity index (χ2v) is 5.55. The van der Waals surface area contributed by atoms with Crippen molar-refractivity contribution in [3.05, 3.63) is 47.8 Å². The Bertz CT molecular complexity index is 760. The molecule has 7 heteroatoms. The zero-order valence-electron chi connectivity index (χ0n) is 14.7. The van der Waals surface area contributed by atoms with Gasteiger partial charge < -0.3 is 19.7 Å². The Morgan fingerprint density at radius 3 is 2.52 bits per heavy atom. The monoisotopic (exact) mass is 343 g/mol. The lowest BCUT2D eigenvalue weighted by Crippen LogP contribution is -2.22. The highest BCUT2D eigenvalue weighted by Gasteiger charge is 2.19. The highest BCUT2D eigenvalue weighted by atomic mass is 16.5. The van der Waals surface area contributed by atoms with Gasteiger partial charge in [-0.15, -0.1) is 0 Å². The number of hydrogen-bond acceptors (Lipinski definition) is 5. The molecule has 0 saturated heterocycles. The van der Waals surface area contributed by atoms with Gasteiger partial charge in [-0.3, -0.25) is 14.6 Å². The maximum Gasteiger partial charge on any atom is 0.253 e. The lowest BCUT2D eigenvalue weighted by Gasteiger charge is -2.17. The van der Waals surface area contributed by atoms with E-state index >= 15 is 0 Å². The van der Waals surface area contributed by atoms with Crippen LogP contribution in [0.25, 0.3) is 0 Å². The number of anilines is 1. The van der Waals surface area contributed by atoms with Crippen LogP contribution in [-0.2, 0) is 11.2 Å². The second kappa shape index (κ2) is 8.14. The van der Waals surface area contributed by atoms with E-state index in [1.54, 1.807) is 44.7 Å². The van der Waals surface area contributed by atoms with Gasteiger partial charge in [0.1, 0.15) is 0 Å². The topological polar surface area (TPSA) is 80.8 Å². The molecule has 0 atom stereocenters. The van der Waals surface area contributed by atoms with Crippen molar-refractivity contribution >= 4 is 17.5 Å². The maximum absolute atomic E-state index is 12.3. The lowest BCUT2D eigenvalue weighted by molar-refractivity contribution is -0.115. The fraction of sp³-hybridized carbons (Fsp3) is 0.278. The molecule has 0 aliphatic carbocycles. The molecule has 2 aromatic rings. The molecular weight excluding hydrogens is 322 g/mol. The molecule has 0 saturated carbocycles. The summed E-state index contributed by atoms with van der Waals surface area (Å²) in [6.07, 6.45) is 3.43. The van der Waals surface area contributed by atoms with E-state index in [1.807, 2.05) is 6.07 Å². The summed E-state index contributed by atoms with van der Waals surface area (Å²) in [5.41, 5.74) is 1.55.